The van der Waals surface area contributed by atoms with Crippen molar-refractivity contribution in [1.29, 1.82) is 0 Å². The third kappa shape index (κ3) is 5.68. The number of halogens is 5. The van der Waals surface area contributed by atoms with Crippen molar-refractivity contribution >= 4 is 17.6 Å². The van der Waals surface area contributed by atoms with Crippen LogP contribution in [0.2, 0.25) is 0 Å². The summed E-state index contributed by atoms with van der Waals surface area (Å²) in [5.74, 6) is -1.10. The molecule has 1 aliphatic carbocycles. The van der Waals surface area contributed by atoms with Crippen molar-refractivity contribution < 1.29 is 36.3 Å². The molecule has 2 amide bonds. The molecule has 6 nitrogen and oxygen atoms in total. The van der Waals surface area contributed by atoms with E-state index in [1.165, 1.54) is 30.5 Å². The van der Waals surface area contributed by atoms with Crippen molar-refractivity contribution in [2.24, 2.45) is 5.92 Å². The zero-order valence-electron chi connectivity index (χ0n) is 16.2. The number of nitrogens with one attached hydrogen (secondary N) is 2. The molecule has 0 bridgehead atoms. The second-order valence-electron chi connectivity index (χ2n) is 7.07. The van der Waals surface area contributed by atoms with Gasteiger partial charge in [0.1, 0.15) is 11.6 Å². The number of pyridine rings is 1. The number of nitrogens with zero attached hydrogens (tertiary/aromatic N) is 1. The fourth-order valence-corrected chi connectivity index (χ4v) is 2.61. The average molecular weight is 443 g/mol. The smallest absolute Gasteiger partial charge is 0.426 e. The molecule has 0 spiro atoms. The highest BCUT2D eigenvalue weighted by Crippen LogP contribution is 2.37. The third-order valence-electron chi connectivity index (χ3n) is 4.53. The van der Waals surface area contributed by atoms with Gasteiger partial charge in [-0.15, -0.1) is 0 Å². The Kier molecular flexibility index (Phi) is 6.14. The standard InChI is InChI=1S/C20H18F5N3O3/c1-11(12-4-6-15(7-5-12)31-20(24,25)19(21,22)23)27-18(30)14-8-9-26-16(10-14)28-17(29)13-2-3-13/h4-11,13H,2-3H2,1H3,(H,27,30)(H,26,28,29). The first kappa shape index (κ1) is 22.4. The Bertz CT molecular complexity index is 959. The van der Waals surface area contributed by atoms with Crippen LogP contribution in [0.25, 0.3) is 0 Å². The van der Waals surface area contributed by atoms with Crippen molar-refractivity contribution in [3.05, 3.63) is 53.7 Å². The van der Waals surface area contributed by atoms with E-state index in [2.05, 4.69) is 20.4 Å². The molecule has 1 fully saturated rings. The van der Waals surface area contributed by atoms with Crippen LogP contribution in [0.15, 0.2) is 42.6 Å². The van der Waals surface area contributed by atoms with Crippen molar-refractivity contribution in [2.45, 2.75) is 38.1 Å². The highest BCUT2D eigenvalue weighted by Gasteiger charge is 2.61. The molecule has 1 aromatic carbocycles. The lowest BCUT2D eigenvalue weighted by atomic mass is 10.1. The molecule has 1 aliphatic rings. The zero-order chi connectivity index (χ0) is 22.8. The minimum Gasteiger partial charge on any atom is -0.426 e. The van der Waals surface area contributed by atoms with Crippen LogP contribution in [0, 0.1) is 5.92 Å². The summed E-state index contributed by atoms with van der Waals surface area (Å²) in [5, 5.41) is 5.31. The number of carbonyl (C=O) groups is 2. The Morgan fingerprint density at radius 1 is 1.10 bits per heavy atom. The van der Waals surface area contributed by atoms with Gasteiger partial charge in [-0.1, -0.05) is 12.1 Å². The van der Waals surface area contributed by atoms with E-state index in [1.54, 1.807) is 6.92 Å². The molecule has 1 heterocycles. The summed E-state index contributed by atoms with van der Waals surface area (Å²) in [6.45, 7) is 1.61. The molecule has 31 heavy (non-hydrogen) atoms. The maximum absolute atomic E-state index is 13.0. The summed E-state index contributed by atoms with van der Waals surface area (Å²) in [6.07, 6.45) is -8.14. The summed E-state index contributed by atoms with van der Waals surface area (Å²) < 4.78 is 66.3. The van der Waals surface area contributed by atoms with Gasteiger partial charge in [0.2, 0.25) is 5.91 Å². The minimum absolute atomic E-state index is 0.0256. The minimum atomic E-state index is -5.84. The quantitative estimate of drug-likeness (QED) is 0.620. The van der Waals surface area contributed by atoms with Crippen LogP contribution in [0.1, 0.15) is 41.7 Å². The number of rotatable bonds is 7. The van der Waals surface area contributed by atoms with Crippen LogP contribution in [0.5, 0.6) is 5.75 Å². The molecule has 166 valence electrons. The molecule has 0 saturated heterocycles. The molecule has 1 atom stereocenters. The largest absolute Gasteiger partial charge is 0.499 e. The molecule has 3 rings (SSSR count). The van der Waals surface area contributed by atoms with Gasteiger partial charge in [-0.2, -0.15) is 22.0 Å². The SMILES string of the molecule is CC(NC(=O)c1ccnc(NC(=O)C2CC2)c1)c1ccc(OC(F)(F)C(F)(F)F)cc1. The van der Waals surface area contributed by atoms with E-state index in [9.17, 15) is 31.5 Å². The van der Waals surface area contributed by atoms with E-state index < -0.39 is 30.0 Å². The monoisotopic (exact) mass is 443 g/mol. The number of amides is 2. The Labute approximate surface area is 173 Å². The summed E-state index contributed by atoms with van der Waals surface area (Å²) in [4.78, 5) is 28.3. The lowest BCUT2D eigenvalue weighted by Crippen LogP contribution is -2.41. The maximum atomic E-state index is 13.0. The van der Waals surface area contributed by atoms with Crippen molar-refractivity contribution in [3.8, 4) is 5.75 Å². The lowest BCUT2D eigenvalue weighted by molar-refractivity contribution is -0.360. The number of benzene rings is 1. The van der Waals surface area contributed by atoms with Crippen LogP contribution >= 0.6 is 0 Å². The van der Waals surface area contributed by atoms with Gasteiger partial charge in [0.25, 0.3) is 5.91 Å². The number of alkyl halides is 5. The van der Waals surface area contributed by atoms with E-state index >= 15 is 0 Å². The second kappa shape index (κ2) is 8.48. The van der Waals surface area contributed by atoms with Crippen LogP contribution in [-0.2, 0) is 4.79 Å². The summed E-state index contributed by atoms with van der Waals surface area (Å²) in [6, 6.07) is 6.71. The molecule has 0 radical (unpaired) electrons. The second-order valence-corrected chi connectivity index (χ2v) is 7.07. The van der Waals surface area contributed by atoms with Crippen LogP contribution in [-0.4, -0.2) is 29.1 Å². The van der Waals surface area contributed by atoms with E-state index in [-0.39, 0.29) is 23.2 Å². The summed E-state index contributed by atoms with van der Waals surface area (Å²) in [5.41, 5.74) is 0.685. The predicted octanol–water partition coefficient (Wildman–Crippen LogP) is 4.46. The van der Waals surface area contributed by atoms with E-state index in [0.717, 1.165) is 25.0 Å². The first-order chi connectivity index (χ1) is 14.5. The van der Waals surface area contributed by atoms with Gasteiger partial charge < -0.3 is 15.4 Å². The molecular weight excluding hydrogens is 425 g/mol. The zero-order valence-corrected chi connectivity index (χ0v) is 16.2. The van der Waals surface area contributed by atoms with Crippen LogP contribution < -0.4 is 15.4 Å². The van der Waals surface area contributed by atoms with E-state index in [0.29, 0.717) is 5.56 Å². The van der Waals surface area contributed by atoms with Gasteiger partial charge in [0.15, 0.2) is 0 Å². The Morgan fingerprint density at radius 3 is 2.32 bits per heavy atom. The van der Waals surface area contributed by atoms with Crippen molar-refractivity contribution in [2.75, 3.05) is 5.32 Å². The Morgan fingerprint density at radius 2 is 1.74 bits per heavy atom. The number of hydrogen-bond acceptors (Lipinski definition) is 4. The molecule has 1 aromatic heterocycles. The van der Waals surface area contributed by atoms with E-state index in [4.69, 9.17) is 0 Å². The number of ether oxygens (including phenoxy) is 1. The predicted molar refractivity (Wildman–Crippen MR) is 99.5 cm³/mol. The summed E-state index contributed by atoms with van der Waals surface area (Å²) in [7, 11) is 0. The highest BCUT2D eigenvalue weighted by molar-refractivity contribution is 5.97. The van der Waals surface area contributed by atoms with Crippen LogP contribution in [0.3, 0.4) is 0 Å². The maximum Gasteiger partial charge on any atom is 0.499 e. The van der Waals surface area contributed by atoms with Crippen molar-refractivity contribution in [3.63, 3.8) is 0 Å². The van der Waals surface area contributed by atoms with Gasteiger partial charge in [-0.25, -0.2) is 4.98 Å². The third-order valence-corrected chi connectivity index (χ3v) is 4.53. The van der Waals surface area contributed by atoms with Crippen LogP contribution in [0.4, 0.5) is 27.8 Å². The fraction of sp³-hybridized carbons (Fsp3) is 0.350. The highest BCUT2D eigenvalue weighted by atomic mass is 19.4. The average Bonchev–Trinajstić information content (AvgIpc) is 3.53. The number of aromatic nitrogens is 1. The van der Waals surface area contributed by atoms with Crippen molar-refractivity contribution in [1.82, 2.24) is 10.3 Å². The Hall–Kier alpha value is -3.24. The summed E-state index contributed by atoms with van der Waals surface area (Å²) >= 11 is 0. The molecule has 2 N–H and O–H groups in total. The number of anilines is 1. The van der Waals surface area contributed by atoms with Gasteiger partial charge in [-0.3, -0.25) is 9.59 Å². The normalized spacial score (nSPS) is 15.2. The fourth-order valence-electron chi connectivity index (χ4n) is 2.61. The molecule has 1 saturated carbocycles. The van der Waals surface area contributed by atoms with Gasteiger partial charge in [0.05, 0.1) is 6.04 Å². The first-order valence-electron chi connectivity index (χ1n) is 9.27. The topological polar surface area (TPSA) is 80.3 Å². The number of carbonyl (C=O) groups excluding carboxylic acids is 2. The molecule has 2 aromatic rings. The molecule has 1 unspecified atom stereocenters. The van der Waals surface area contributed by atoms with Gasteiger partial charge >= 0.3 is 12.3 Å². The Balaban J connectivity index is 1.61. The molecule has 0 aliphatic heterocycles. The molecule has 11 heteroatoms. The lowest BCUT2D eigenvalue weighted by Gasteiger charge is -2.20. The van der Waals surface area contributed by atoms with Gasteiger partial charge in [0, 0.05) is 17.7 Å². The van der Waals surface area contributed by atoms with E-state index in [1.807, 2.05) is 0 Å². The first-order valence-corrected chi connectivity index (χ1v) is 9.27. The number of hydrogen-bond donors (Lipinski definition) is 2. The molecular formula is C20H18F5N3O3. The van der Waals surface area contributed by atoms with Gasteiger partial charge in [-0.05, 0) is 49.6 Å².